The van der Waals surface area contributed by atoms with E-state index >= 15 is 0 Å². The molecule has 3 aliphatic heterocycles. The number of hydrogen-bond donors (Lipinski definition) is 0. The van der Waals surface area contributed by atoms with E-state index in [1.807, 2.05) is 30.0 Å². The number of nitrogens with zero attached hydrogens (tertiary/aromatic N) is 4. The van der Waals surface area contributed by atoms with Crippen molar-refractivity contribution in [1.29, 1.82) is 0 Å². The van der Waals surface area contributed by atoms with Gasteiger partial charge in [-0.1, -0.05) is 11.8 Å². The average molecular weight is 304 g/mol. The molecule has 1 amide bonds. The molecule has 6 heteroatoms. The molecule has 0 aromatic carbocycles. The van der Waals surface area contributed by atoms with Crippen LogP contribution in [-0.4, -0.2) is 60.3 Å². The number of carbonyl (C=O) groups is 1. The molecule has 3 aliphatic rings. The summed E-state index contributed by atoms with van der Waals surface area (Å²) in [6, 6.07) is -0.0680. The molecule has 0 N–H and O–H groups in total. The van der Waals surface area contributed by atoms with Crippen molar-refractivity contribution in [3.63, 3.8) is 0 Å². The molecule has 1 unspecified atom stereocenters. The van der Waals surface area contributed by atoms with E-state index in [4.69, 9.17) is 0 Å². The summed E-state index contributed by atoms with van der Waals surface area (Å²) >= 11 is 1.59. The zero-order valence-corrected chi connectivity index (χ0v) is 13.3. The third-order valence-electron chi connectivity index (χ3n) is 3.69. The monoisotopic (exact) mass is 304 g/mol. The van der Waals surface area contributed by atoms with Gasteiger partial charge in [0.2, 0.25) is 0 Å². The lowest BCUT2D eigenvalue weighted by molar-refractivity contribution is -0.128. The van der Waals surface area contributed by atoms with Crippen LogP contribution >= 0.6 is 11.8 Å². The van der Waals surface area contributed by atoms with Crippen LogP contribution in [0.5, 0.6) is 0 Å². The van der Waals surface area contributed by atoms with Gasteiger partial charge in [0.15, 0.2) is 5.17 Å². The number of piperidine rings is 1. The van der Waals surface area contributed by atoms with Crippen molar-refractivity contribution in [2.75, 3.05) is 27.2 Å². The van der Waals surface area contributed by atoms with Gasteiger partial charge in [-0.25, -0.2) is 4.99 Å². The Bertz CT molecular complexity index is 556. The lowest BCUT2D eigenvalue weighted by Crippen LogP contribution is -2.36. The quantitative estimate of drug-likeness (QED) is 0.743. The molecule has 5 nitrogen and oxygen atoms in total. The lowest BCUT2D eigenvalue weighted by atomic mass is 10.1. The molecule has 3 rings (SSSR count). The minimum atomic E-state index is -0.0680. The van der Waals surface area contributed by atoms with E-state index in [0.29, 0.717) is 5.70 Å². The molecule has 1 saturated heterocycles. The Balaban J connectivity index is 1.79. The van der Waals surface area contributed by atoms with Gasteiger partial charge in [-0.2, -0.15) is 0 Å². The minimum Gasteiger partial charge on any atom is -0.357 e. The van der Waals surface area contributed by atoms with E-state index < -0.39 is 0 Å². The molecule has 21 heavy (non-hydrogen) atoms. The average Bonchev–Trinajstić information content (AvgIpc) is 2.65. The largest absolute Gasteiger partial charge is 0.357 e. The summed E-state index contributed by atoms with van der Waals surface area (Å²) in [5.41, 5.74) is 0.536. The Morgan fingerprint density at radius 1 is 1.33 bits per heavy atom. The normalized spacial score (nSPS) is 24.8. The Labute approximate surface area is 129 Å². The van der Waals surface area contributed by atoms with Gasteiger partial charge in [0.1, 0.15) is 11.7 Å². The summed E-state index contributed by atoms with van der Waals surface area (Å²) in [6.07, 6.45) is 9.13. The predicted molar refractivity (Wildman–Crippen MR) is 87.6 cm³/mol. The van der Waals surface area contributed by atoms with Crippen LogP contribution in [0.25, 0.3) is 0 Å². The van der Waals surface area contributed by atoms with E-state index in [0.717, 1.165) is 36.0 Å². The van der Waals surface area contributed by atoms with Gasteiger partial charge < -0.3 is 9.80 Å². The second-order valence-corrected chi connectivity index (χ2v) is 6.67. The van der Waals surface area contributed by atoms with Gasteiger partial charge in [0.25, 0.3) is 5.91 Å². The van der Waals surface area contributed by atoms with Gasteiger partial charge >= 0.3 is 0 Å². The number of hydrogen-bond acceptors (Lipinski definition) is 5. The molecular weight excluding hydrogens is 284 g/mol. The number of allylic oxidation sites excluding steroid dienone is 1. The molecule has 3 heterocycles. The summed E-state index contributed by atoms with van der Waals surface area (Å²) in [6.45, 7) is 1.70. The fraction of sp³-hybridized carbons (Fsp3) is 0.533. The summed E-state index contributed by atoms with van der Waals surface area (Å²) < 4.78 is 0. The summed E-state index contributed by atoms with van der Waals surface area (Å²) in [5, 5.41) is 0.951. The molecule has 0 saturated carbocycles. The zero-order valence-electron chi connectivity index (χ0n) is 12.5. The van der Waals surface area contributed by atoms with Gasteiger partial charge in [-0.05, 0) is 31.4 Å². The van der Waals surface area contributed by atoms with Gasteiger partial charge in [0, 0.05) is 38.3 Å². The number of aliphatic imine (C=N–C) groups is 2. The van der Waals surface area contributed by atoms with E-state index in [-0.39, 0.29) is 11.9 Å². The number of carbonyl (C=O) groups excluding carboxylic acids is 1. The maximum Gasteiger partial charge on any atom is 0.272 e. The maximum atomic E-state index is 12.6. The topological polar surface area (TPSA) is 48.3 Å². The Morgan fingerprint density at radius 3 is 2.81 bits per heavy atom. The smallest absolute Gasteiger partial charge is 0.272 e. The number of amides is 1. The highest BCUT2D eigenvalue weighted by molar-refractivity contribution is 8.17. The highest BCUT2D eigenvalue weighted by Gasteiger charge is 2.24. The number of likely N-dealkylation sites (tertiary alicyclic amines) is 1. The zero-order chi connectivity index (χ0) is 14.8. The Morgan fingerprint density at radius 2 is 2.10 bits per heavy atom. The second-order valence-electron chi connectivity index (χ2n) is 5.63. The van der Waals surface area contributed by atoms with E-state index in [2.05, 4.69) is 16.1 Å². The predicted octanol–water partition coefficient (Wildman–Crippen LogP) is 1.88. The fourth-order valence-electron chi connectivity index (χ4n) is 2.56. The Kier molecular flexibility index (Phi) is 4.14. The van der Waals surface area contributed by atoms with Gasteiger partial charge in [-0.3, -0.25) is 9.79 Å². The fourth-order valence-corrected chi connectivity index (χ4v) is 3.51. The van der Waals surface area contributed by atoms with Crippen LogP contribution in [0.3, 0.4) is 0 Å². The second kappa shape index (κ2) is 6.05. The highest BCUT2D eigenvalue weighted by Crippen LogP contribution is 2.29. The summed E-state index contributed by atoms with van der Waals surface area (Å²) in [5.74, 6) is 0.0476. The van der Waals surface area contributed by atoms with Crippen molar-refractivity contribution in [3.05, 3.63) is 22.8 Å². The molecule has 0 aromatic heterocycles. The van der Waals surface area contributed by atoms with Gasteiger partial charge in [0.05, 0.1) is 0 Å². The first-order valence-electron chi connectivity index (χ1n) is 7.33. The molecule has 2 bridgehead atoms. The van der Waals surface area contributed by atoms with Crippen LogP contribution in [0.2, 0.25) is 0 Å². The van der Waals surface area contributed by atoms with Crippen molar-refractivity contribution >= 4 is 29.1 Å². The van der Waals surface area contributed by atoms with Crippen LogP contribution in [0, 0.1) is 0 Å². The molecular formula is C15H20N4OS. The number of fused-ring (bicyclic) bond motifs is 1. The molecule has 112 valence electrons. The van der Waals surface area contributed by atoms with Crippen LogP contribution < -0.4 is 0 Å². The first kappa shape index (κ1) is 14.4. The maximum absolute atomic E-state index is 12.6. The van der Waals surface area contributed by atoms with E-state index in [9.17, 15) is 4.79 Å². The SMILES string of the molecule is CN(C)C1=NC2C=NC(C(=O)N3CCCCC3)=CC(=C2)S1. The van der Waals surface area contributed by atoms with Crippen LogP contribution in [-0.2, 0) is 4.79 Å². The van der Waals surface area contributed by atoms with Crippen molar-refractivity contribution < 1.29 is 4.79 Å². The van der Waals surface area contributed by atoms with Gasteiger partial charge in [-0.15, -0.1) is 0 Å². The first-order valence-corrected chi connectivity index (χ1v) is 8.15. The molecule has 0 aliphatic carbocycles. The Hall–Kier alpha value is -1.56. The molecule has 0 spiro atoms. The van der Waals surface area contributed by atoms with Crippen LogP contribution in [0.15, 0.2) is 32.7 Å². The van der Waals surface area contributed by atoms with Crippen molar-refractivity contribution in [1.82, 2.24) is 9.80 Å². The number of rotatable bonds is 1. The van der Waals surface area contributed by atoms with Crippen LogP contribution in [0.4, 0.5) is 0 Å². The lowest BCUT2D eigenvalue weighted by Gasteiger charge is -2.26. The molecule has 0 aromatic rings. The van der Waals surface area contributed by atoms with Crippen molar-refractivity contribution in [3.8, 4) is 0 Å². The third kappa shape index (κ3) is 3.20. The molecule has 1 atom stereocenters. The standard InChI is InChI=1S/C15H20N4OS/c1-18(2)15-17-11-8-12(21-15)9-13(16-10-11)14(20)19-6-4-3-5-7-19/h8-11H,3-7H2,1-2H3. The van der Waals surface area contributed by atoms with Crippen molar-refractivity contribution in [2.45, 2.75) is 25.3 Å². The third-order valence-corrected chi connectivity index (χ3v) is 4.84. The number of thioether (sulfide) groups is 1. The highest BCUT2D eigenvalue weighted by atomic mass is 32.2. The van der Waals surface area contributed by atoms with Crippen molar-refractivity contribution in [2.24, 2.45) is 9.98 Å². The summed E-state index contributed by atoms with van der Waals surface area (Å²) in [7, 11) is 3.95. The molecule has 1 fully saturated rings. The number of amidine groups is 1. The summed E-state index contributed by atoms with van der Waals surface area (Å²) in [4.78, 5) is 26.5. The van der Waals surface area contributed by atoms with E-state index in [1.54, 1.807) is 18.0 Å². The molecule has 0 radical (unpaired) electrons. The van der Waals surface area contributed by atoms with E-state index in [1.165, 1.54) is 6.42 Å². The first-order chi connectivity index (χ1) is 10.1. The van der Waals surface area contributed by atoms with Crippen LogP contribution in [0.1, 0.15) is 19.3 Å². The minimum absolute atomic E-state index is 0.0476.